The smallest absolute Gasteiger partial charge is 0.241 e. The second-order valence-electron chi connectivity index (χ2n) is 6.08. The quantitative estimate of drug-likeness (QED) is 0.634. The van der Waals surface area contributed by atoms with Crippen molar-refractivity contribution in [2.24, 2.45) is 11.7 Å². The zero-order valence-electron chi connectivity index (χ0n) is 15.2. The van der Waals surface area contributed by atoms with Crippen molar-refractivity contribution < 1.29 is 9.59 Å². The lowest BCUT2D eigenvalue weighted by Gasteiger charge is -2.17. The van der Waals surface area contributed by atoms with Crippen LogP contribution in [0.25, 0.3) is 0 Å². The summed E-state index contributed by atoms with van der Waals surface area (Å²) < 4.78 is 0. The van der Waals surface area contributed by atoms with E-state index in [-0.39, 0.29) is 42.5 Å². The van der Waals surface area contributed by atoms with Crippen LogP contribution in [0.4, 0.5) is 11.4 Å². The number of hydrogen-bond acceptors (Lipinski definition) is 4. The second kappa shape index (κ2) is 12.9. The molecule has 6 nitrogen and oxygen atoms in total. The third-order valence-electron chi connectivity index (χ3n) is 3.78. The lowest BCUT2D eigenvalue weighted by Crippen LogP contribution is -2.40. The van der Waals surface area contributed by atoms with Crippen molar-refractivity contribution in [2.45, 2.75) is 32.7 Å². The Balaban J connectivity index is 0. The normalized spacial score (nSPS) is 12.4. The van der Waals surface area contributed by atoms with E-state index >= 15 is 0 Å². The van der Waals surface area contributed by atoms with Crippen molar-refractivity contribution in [3.63, 3.8) is 0 Å². The van der Waals surface area contributed by atoms with Gasteiger partial charge in [-0.25, -0.2) is 0 Å². The maximum Gasteiger partial charge on any atom is 0.241 e. The Hall–Kier alpha value is -1.34. The highest BCUT2D eigenvalue weighted by molar-refractivity contribution is 5.95. The van der Waals surface area contributed by atoms with Crippen molar-refractivity contribution in [1.29, 1.82) is 0 Å². The molecule has 0 saturated carbocycles. The van der Waals surface area contributed by atoms with Crippen LogP contribution >= 0.6 is 24.8 Å². The molecule has 2 amide bonds. The number of carbonyl (C=O) groups excluding carboxylic acids is 2. The van der Waals surface area contributed by atoms with Crippen LogP contribution in [0.2, 0.25) is 0 Å². The van der Waals surface area contributed by atoms with E-state index in [9.17, 15) is 9.59 Å². The molecule has 0 spiro atoms. The van der Waals surface area contributed by atoms with Gasteiger partial charge < -0.3 is 21.3 Å². The number of anilines is 2. The monoisotopic (exact) mass is 392 g/mol. The minimum absolute atomic E-state index is 0. The number of hydrogen-bond donors (Lipinski definition) is 3. The van der Waals surface area contributed by atoms with Crippen molar-refractivity contribution in [2.75, 3.05) is 31.3 Å². The summed E-state index contributed by atoms with van der Waals surface area (Å²) in [7, 11) is 3.85. The van der Waals surface area contributed by atoms with E-state index in [0.29, 0.717) is 24.3 Å². The Morgan fingerprint density at radius 1 is 1.08 bits per heavy atom. The van der Waals surface area contributed by atoms with Gasteiger partial charge in [-0.3, -0.25) is 9.59 Å². The number of amides is 2. The largest absolute Gasteiger partial charge is 0.326 e. The van der Waals surface area contributed by atoms with E-state index in [1.807, 2.05) is 32.8 Å². The van der Waals surface area contributed by atoms with Gasteiger partial charge in [0.1, 0.15) is 0 Å². The number of benzene rings is 1. The molecule has 25 heavy (non-hydrogen) atoms. The molecule has 4 N–H and O–H groups in total. The maximum atomic E-state index is 12.0. The van der Waals surface area contributed by atoms with Crippen LogP contribution in [0.1, 0.15) is 26.7 Å². The molecule has 0 heterocycles. The molecule has 0 aromatic heterocycles. The summed E-state index contributed by atoms with van der Waals surface area (Å²) >= 11 is 0. The van der Waals surface area contributed by atoms with E-state index in [1.54, 1.807) is 24.3 Å². The summed E-state index contributed by atoms with van der Waals surface area (Å²) in [5.74, 6) is -0.0957. The molecule has 1 rings (SSSR count). The van der Waals surface area contributed by atoms with Gasteiger partial charge in [0, 0.05) is 24.3 Å². The maximum absolute atomic E-state index is 12.0. The predicted molar refractivity (Wildman–Crippen MR) is 109 cm³/mol. The molecule has 0 radical (unpaired) electrons. The molecule has 1 aromatic carbocycles. The second-order valence-corrected chi connectivity index (χ2v) is 6.08. The van der Waals surface area contributed by atoms with E-state index < -0.39 is 6.04 Å². The Kier molecular flexibility index (Phi) is 13.4. The highest BCUT2D eigenvalue weighted by Crippen LogP contribution is 2.15. The van der Waals surface area contributed by atoms with Crippen LogP contribution in [-0.4, -0.2) is 43.4 Å². The van der Waals surface area contributed by atoms with Crippen LogP contribution in [0.3, 0.4) is 0 Å². The van der Waals surface area contributed by atoms with Crippen LogP contribution < -0.4 is 16.4 Å². The topological polar surface area (TPSA) is 87.5 Å². The summed E-state index contributed by atoms with van der Waals surface area (Å²) in [5.41, 5.74) is 7.27. The number of nitrogens with two attached hydrogens (primary N) is 1. The van der Waals surface area contributed by atoms with E-state index in [1.165, 1.54) is 0 Å². The highest BCUT2D eigenvalue weighted by Gasteiger charge is 2.19. The first kappa shape index (κ1) is 25.9. The first-order chi connectivity index (χ1) is 10.8. The zero-order chi connectivity index (χ0) is 17.4. The van der Waals surface area contributed by atoms with Gasteiger partial charge in [-0.05, 0) is 44.3 Å². The zero-order valence-corrected chi connectivity index (χ0v) is 16.9. The summed E-state index contributed by atoms with van der Waals surface area (Å²) in [5, 5.41) is 5.62. The average molecular weight is 393 g/mol. The minimum Gasteiger partial charge on any atom is -0.326 e. The number of carbonyl (C=O) groups is 2. The number of nitrogens with zero attached hydrogens (tertiary/aromatic N) is 1. The Bertz CT molecular complexity index is 524. The van der Waals surface area contributed by atoms with Gasteiger partial charge in [0.05, 0.1) is 6.04 Å². The fraction of sp³-hybridized carbons (Fsp3) is 0.529. The molecule has 2 unspecified atom stereocenters. The molecule has 0 fully saturated rings. The molecule has 8 heteroatoms. The lowest BCUT2D eigenvalue weighted by atomic mass is 9.99. The summed E-state index contributed by atoms with van der Waals surface area (Å²) in [6.45, 7) is 4.66. The van der Waals surface area contributed by atoms with Gasteiger partial charge in [0.2, 0.25) is 11.8 Å². The van der Waals surface area contributed by atoms with Gasteiger partial charge in [-0.2, -0.15) is 0 Å². The summed E-state index contributed by atoms with van der Waals surface area (Å²) in [4.78, 5) is 25.7. The van der Waals surface area contributed by atoms with Gasteiger partial charge in [-0.15, -0.1) is 24.8 Å². The molecule has 0 bridgehead atoms. The van der Waals surface area contributed by atoms with Gasteiger partial charge >= 0.3 is 0 Å². The van der Waals surface area contributed by atoms with Crippen LogP contribution in [0, 0.1) is 5.92 Å². The lowest BCUT2D eigenvalue weighted by molar-refractivity contribution is -0.118. The molecule has 0 aliphatic rings. The standard InChI is InChI=1S/C17H28N4O2.2ClH/c1-5-12(2)16(18)17(23)20-14-8-6-13(7-9-14)19-15(22)10-11-21(3)4;;/h6-9,12,16H,5,10-11,18H2,1-4H3,(H,19,22)(H,20,23);2*1H. The third-order valence-corrected chi connectivity index (χ3v) is 3.78. The van der Waals surface area contributed by atoms with Crippen LogP contribution in [0.15, 0.2) is 24.3 Å². The molecular weight excluding hydrogens is 363 g/mol. The van der Waals surface area contributed by atoms with Crippen LogP contribution in [-0.2, 0) is 9.59 Å². The Morgan fingerprint density at radius 2 is 1.56 bits per heavy atom. The molecule has 0 aliphatic heterocycles. The van der Waals surface area contributed by atoms with Crippen LogP contribution in [0.5, 0.6) is 0 Å². The van der Waals surface area contributed by atoms with Gasteiger partial charge in [-0.1, -0.05) is 20.3 Å². The minimum atomic E-state index is -0.523. The predicted octanol–water partition coefficient (Wildman–Crippen LogP) is 2.73. The third kappa shape index (κ3) is 9.65. The van der Waals surface area contributed by atoms with E-state index in [0.717, 1.165) is 6.42 Å². The van der Waals surface area contributed by atoms with E-state index in [4.69, 9.17) is 5.73 Å². The Morgan fingerprint density at radius 3 is 2.00 bits per heavy atom. The van der Waals surface area contributed by atoms with Crippen molar-refractivity contribution >= 4 is 48.0 Å². The summed E-state index contributed by atoms with van der Waals surface area (Å²) in [6.07, 6.45) is 1.29. The first-order valence-electron chi connectivity index (χ1n) is 7.94. The highest BCUT2D eigenvalue weighted by atomic mass is 35.5. The SMILES string of the molecule is CCC(C)C(N)C(=O)Nc1ccc(NC(=O)CCN(C)C)cc1.Cl.Cl. The fourth-order valence-electron chi connectivity index (χ4n) is 1.92. The van der Waals surface area contributed by atoms with Gasteiger partial charge in [0.25, 0.3) is 0 Å². The number of rotatable bonds is 8. The van der Waals surface area contributed by atoms with Crippen molar-refractivity contribution in [3.05, 3.63) is 24.3 Å². The Labute approximate surface area is 162 Å². The number of halogens is 2. The van der Waals surface area contributed by atoms with Gasteiger partial charge in [0.15, 0.2) is 0 Å². The first-order valence-corrected chi connectivity index (χ1v) is 7.94. The van der Waals surface area contributed by atoms with Crippen molar-refractivity contribution in [1.82, 2.24) is 4.90 Å². The average Bonchev–Trinajstić information content (AvgIpc) is 2.53. The molecule has 0 aliphatic carbocycles. The fourth-order valence-corrected chi connectivity index (χ4v) is 1.92. The molecular formula is C17H30Cl2N4O2. The molecule has 1 aromatic rings. The summed E-state index contributed by atoms with van der Waals surface area (Å²) in [6, 6.07) is 6.51. The van der Waals surface area contributed by atoms with E-state index in [2.05, 4.69) is 10.6 Å². The van der Waals surface area contributed by atoms with Crippen molar-refractivity contribution in [3.8, 4) is 0 Å². The molecule has 144 valence electrons. The molecule has 2 atom stereocenters. The number of nitrogens with one attached hydrogen (secondary N) is 2. The molecule has 0 saturated heterocycles.